The van der Waals surface area contributed by atoms with Gasteiger partial charge in [0.25, 0.3) is 5.91 Å². The van der Waals surface area contributed by atoms with Crippen molar-refractivity contribution < 1.29 is 18.8 Å². The molecule has 4 rings (SSSR count). The molecule has 1 aromatic heterocycles. The maximum atomic E-state index is 12.3. The van der Waals surface area contributed by atoms with Gasteiger partial charge >= 0.3 is 0 Å². The molecule has 0 atom stereocenters. The van der Waals surface area contributed by atoms with Crippen LogP contribution in [0.25, 0.3) is 11.3 Å². The maximum Gasteiger partial charge on any atom is 0.273 e. The van der Waals surface area contributed by atoms with Gasteiger partial charge in [0.05, 0.1) is 0 Å². The van der Waals surface area contributed by atoms with Crippen LogP contribution >= 0.6 is 0 Å². The second-order valence-corrected chi connectivity index (χ2v) is 6.51. The van der Waals surface area contributed by atoms with E-state index in [1.165, 1.54) is 0 Å². The molecule has 0 bridgehead atoms. The number of rotatable bonds is 7. The highest BCUT2D eigenvalue weighted by atomic mass is 16.7. The van der Waals surface area contributed by atoms with Crippen molar-refractivity contribution in [3.63, 3.8) is 0 Å². The smallest absolute Gasteiger partial charge is 0.273 e. The largest absolute Gasteiger partial charge is 0.454 e. The normalized spacial score (nSPS) is 12.0. The van der Waals surface area contributed by atoms with Crippen LogP contribution in [0, 0.1) is 0 Å². The number of hydrogen-bond acceptors (Lipinski definition) is 6. The molecule has 144 valence electrons. The molecule has 1 amide bonds. The highest BCUT2D eigenvalue weighted by molar-refractivity contribution is 5.93. The molecule has 0 spiro atoms. The van der Waals surface area contributed by atoms with Crippen molar-refractivity contribution in [2.45, 2.75) is 6.42 Å². The predicted octanol–water partition coefficient (Wildman–Crippen LogP) is 3.33. The van der Waals surface area contributed by atoms with Crippen molar-refractivity contribution in [2.75, 3.05) is 31.8 Å². The predicted molar refractivity (Wildman–Crippen MR) is 105 cm³/mol. The van der Waals surface area contributed by atoms with Gasteiger partial charge in [-0.2, -0.15) is 0 Å². The van der Waals surface area contributed by atoms with E-state index in [0.717, 1.165) is 24.2 Å². The van der Waals surface area contributed by atoms with Gasteiger partial charge in [0, 0.05) is 37.5 Å². The summed E-state index contributed by atoms with van der Waals surface area (Å²) in [7, 11) is 2.03. The molecule has 0 saturated heterocycles. The molecule has 28 heavy (non-hydrogen) atoms. The Balaban J connectivity index is 1.29. The minimum Gasteiger partial charge on any atom is -0.454 e. The van der Waals surface area contributed by atoms with Gasteiger partial charge in [-0.05, 0) is 36.8 Å². The van der Waals surface area contributed by atoms with Gasteiger partial charge < -0.3 is 24.2 Å². The number of anilines is 1. The number of carbonyl (C=O) groups is 1. The lowest BCUT2D eigenvalue weighted by Crippen LogP contribution is -2.28. The molecule has 2 heterocycles. The standard InChI is InChI=1S/C21H21N3O4/c1-24(16-6-3-2-4-7-16)11-5-10-22-21(25)17-13-19(28-23-17)15-8-9-18-20(12-15)27-14-26-18/h2-4,6-9,12-13H,5,10-11,14H2,1H3,(H,22,25). The van der Waals surface area contributed by atoms with Crippen molar-refractivity contribution in [3.05, 3.63) is 60.3 Å². The molecule has 1 aliphatic heterocycles. The average Bonchev–Trinajstić information content (AvgIpc) is 3.40. The molecular weight excluding hydrogens is 358 g/mol. The Morgan fingerprint density at radius 3 is 2.79 bits per heavy atom. The number of fused-ring (bicyclic) bond motifs is 1. The summed E-state index contributed by atoms with van der Waals surface area (Å²) in [4.78, 5) is 14.5. The second kappa shape index (κ2) is 8.04. The van der Waals surface area contributed by atoms with E-state index >= 15 is 0 Å². The van der Waals surface area contributed by atoms with Gasteiger partial charge in [0.1, 0.15) is 0 Å². The number of ether oxygens (including phenoxy) is 2. The SMILES string of the molecule is CN(CCCNC(=O)c1cc(-c2ccc3c(c2)OCO3)on1)c1ccccc1. The van der Waals surface area contributed by atoms with Crippen LogP contribution in [0.5, 0.6) is 11.5 Å². The summed E-state index contributed by atoms with van der Waals surface area (Å²) in [6, 6.07) is 17.2. The van der Waals surface area contributed by atoms with Crippen LogP contribution in [-0.4, -0.2) is 38.0 Å². The Kier molecular flexibility index (Phi) is 5.14. The van der Waals surface area contributed by atoms with Crippen molar-refractivity contribution in [1.82, 2.24) is 10.5 Å². The molecule has 7 nitrogen and oxygen atoms in total. The quantitative estimate of drug-likeness (QED) is 0.635. The number of nitrogens with one attached hydrogen (secondary N) is 1. The lowest BCUT2D eigenvalue weighted by molar-refractivity contribution is 0.0944. The summed E-state index contributed by atoms with van der Waals surface area (Å²) in [6.07, 6.45) is 0.823. The van der Waals surface area contributed by atoms with E-state index in [0.29, 0.717) is 23.8 Å². The Labute approximate surface area is 162 Å². The molecule has 7 heteroatoms. The first-order valence-corrected chi connectivity index (χ1v) is 9.12. The number of para-hydroxylation sites is 1. The third-order valence-electron chi connectivity index (χ3n) is 4.55. The fourth-order valence-electron chi connectivity index (χ4n) is 2.99. The number of carbonyl (C=O) groups excluding carboxylic acids is 1. The summed E-state index contributed by atoms with van der Waals surface area (Å²) >= 11 is 0. The first-order valence-electron chi connectivity index (χ1n) is 9.12. The summed E-state index contributed by atoms with van der Waals surface area (Å²) in [5.41, 5.74) is 2.18. The Morgan fingerprint density at radius 2 is 1.93 bits per heavy atom. The van der Waals surface area contributed by atoms with Crippen LogP contribution in [0.2, 0.25) is 0 Å². The summed E-state index contributed by atoms with van der Waals surface area (Å²) in [6.45, 7) is 1.61. The van der Waals surface area contributed by atoms with E-state index < -0.39 is 0 Å². The molecule has 2 aromatic carbocycles. The van der Waals surface area contributed by atoms with E-state index in [1.807, 2.05) is 43.4 Å². The Bertz CT molecular complexity index is 955. The van der Waals surface area contributed by atoms with E-state index in [9.17, 15) is 4.79 Å². The van der Waals surface area contributed by atoms with E-state index in [-0.39, 0.29) is 18.4 Å². The van der Waals surface area contributed by atoms with Crippen LogP contribution in [0.15, 0.2) is 59.1 Å². The zero-order valence-corrected chi connectivity index (χ0v) is 15.6. The number of nitrogens with zero attached hydrogens (tertiary/aromatic N) is 2. The minimum atomic E-state index is -0.252. The van der Waals surface area contributed by atoms with Crippen molar-refractivity contribution in [3.8, 4) is 22.8 Å². The van der Waals surface area contributed by atoms with Crippen molar-refractivity contribution in [1.29, 1.82) is 0 Å². The van der Waals surface area contributed by atoms with Gasteiger partial charge in [0.2, 0.25) is 6.79 Å². The molecule has 0 aliphatic carbocycles. The van der Waals surface area contributed by atoms with Gasteiger partial charge in [-0.25, -0.2) is 0 Å². The second-order valence-electron chi connectivity index (χ2n) is 6.51. The average molecular weight is 379 g/mol. The van der Waals surface area contributed by atoms with Gasteiger partial charge in [-0.1, -0.05) is 23.4 Å². The Hall–Kier alpha value is -3.48. The third kappa shape index (κ3) is 3.93. The number of aromatic nitrogens is 1. The van der Waals surface area contributed by atoms with Gasteiger partial charge in [-0.15, -0.1) is 0 Å². The molecule has 0 radical (unpaired) electrons. The van der Waals surface area contributed by atoms with Gasteiger partial charge in [0.15, 0.2) is 23.0 Å². The fraction of sp³-hybridized carbons (Fsp3) is 0.238. The minimum absolute atomic E-state index is 0.211. The molecular formula is C21H21N3O4. The van der Waals surface area contributed by atoms with E-state index in [1.54, 1.807) is 6.07 Å². The molecule has 1 N–H and O–H groups in total. The summed E-state index contributed by atoms with van der Waals surface area (Å²) < 4.78 is 16.0. The lowest BCUT2D eigenvalue weighted by atomic mass is 10.1. The van der Waals surface area contributed by atoms with Crippen molar-refractivity contribution in [2.24, 2.45) is 0 Å². The van der Waals surface area contributed by atoms with Crippen molar-refractivity contribution >= 4 is 11.6 Å². The van der Waals surface area contributed by atoms with Crippen LogP contribution in [0.1, 0.15) is 16.9 Å². The molecule has 1 aliphatic rings. The number of hydrogen-bond donors (Lipinski definition) is 1. The van der Waals surface area contributed by atoms with Crippen LogP contribution in [0.4, 0.5) is 5.69 Å². The Morgan fingerprint density at radius 1 is 1.11 bits per heavy atom. The third-order valence-corrected chi connectivity index (χ3v) is 4.55. The van der Waals surface area contributed by atoms with Gasteiger partial charge in [-0.3, -0.25) is 4.79 Å². The van der Waals surface area contributed by atoms with Crippen LogP contribution in [0.3, 0.4) is 0 Å². The zero-order chi connectivity index (χ0) is 19.3. The highest BCUT2D eigenvalue weighted by Gasteiger charge is 2.17. The maximum absolute atomic E-state index is 12.3. The summed E-state index contributed by atoms with van der Waals surface area (Å²) in [5.74, 6) is 1.61. The lowest BCUT2D eigenvalue weighted by Gasteiger charge is -2.19. The molecule has 3 aromatic rings. The fourth-order valence-corrected chi connectivity index (χ4v) is 2.99. The van der Waals surface area contributed by atoms with E-state index in [4.69, 9.17) is 14.0 Å². The first-order chi connectivity index (χ1) is 13.7. The zero-order valence-electron chi connectivity index (χ0n) is 15.6. The molecule has 0 fully saturated rings. The highest BCUT2D eigenvalue weighted by Crippen LogP contribution is 2.35. The first kappa shape index (κ1) is 17.9. The van der Waals surface area contributed by atoms with Crippen LogP contribution in [-0.2, 0) is 0 Å². The monoisotopic (exact) mass is 379 g/mol. The molecule has 0 unspecified atom stereocenters. The van der Waals surface area contributed by atoms with E-state index in [2.05, 4.69) is 27.5 Å². The van der Waals surface area contributed by atoms with Crippen LogP contribution < -0.4 is 19.7 Å². The molecule has 0 saturated carbocycles. The number of benzene rings is 2. The topological polar surface area (TPSA) is 76.8 Å². The number of amides is 1. The summed E-state index contributed by atoms with van der Waals surface area (Å²) in [5, 5.41) is 6.76.